The Balaban J connectivity index is 2.29. The Bertz CT molecular complexity index is 492. The Labute approximate surface area is 119 Å². The number of carbonyl (C=O) groups excluding carboxylic acids is 1. The van der Waals surface area contributed by atoms with Crippen LogP contribution in [-0.2, 0) is 9.47 Å². The second-order valence-electron chi connectivity index (χ2n) is 5.07. The van der Waals surface area contributed by atoms with E-state index >= 15 is 0 Å². The molecule has 20 heavy (non-hydrogen) atoms. The van der Waals surface area contributed by atoms with Crippen LogP contribution >= 0.6 is 0 Å². The van der Waals surface area contributed by atoms with Crippen LogP contribution in [0, 0.1) is 5.92 Å². The van der Waals surface area contributed by atoms with E-state index in [9.17, 15) is 4.79 Å². The van der Waals surface area contributed by atoms with Crippen molar-refractivity contribution >= 4 is 11.7 Å². The molecule has 0 bridgehead atoms. The zero-order valence-electron chi connectivity index (χ0n) is 12.3. The van der Waals surface area contributed by atoms with Crippen LogP contribution in [0.15, 0.2) is 24.3 Å². The third kappa shape index (κ3) is 2.51. The summed E-state index contributed by atoms with van der Waals surface area (Å²) in [5, 5.41) is 0. The van der Waals surface area contributed by atoms with Gasteiger partial charge in [-0.1, -0.05) is 13.0 Å². The minimum atomic E-state index is -0.826. The molecule has 1 saturated heterocycles. The summed E-state index contributed by atoms with van der Waals surface area (Å²) >= 11 is 0. The first-order valence-electron chi connectivity index (χ1n) is 6.91. The smallest absolute Gasteiger partial charge is 0.338 e. The molecule has 2 rings (SSSR count). The van der Waals surface area contributed by atoms with Crippen LogP contribution < -0.4 is 10.6 Å². The van der Waals surface area contributed by atoms with Crippen molar-refractivity contribution in [3.63, 3.8) is 0 Å². The molecule has 2 N–H and O–H groups in total. The molecular weight excluding hydrogens is 256 g/mol. The fourth-order valence-corrected chi connectivity index (χ4v) is 2.63. The van der Waals surface area contributed by atoms with Gasteiger partial charge in [-0.05, 0) is 31.5 Å². The van der Waals surface area contributed by atoms with Crippen molar-refractivity contribution in [2.24, 2.45) is 11.7 Å². The molecule has 110 valence electrons. The zero-order chi connectivity index (χ0) is 14.8. The molecule has 0 aliphatic carbocycles. The highest BCUT2D eigenvalue weighted by Crippen LogP contribution is 2.35. The van der Waals surface area contributed by atoms with Gasteiger partial charge >= 0.3 is 5.97 Å². The molecule has 0 spiro atoms. The normalized spacial score (nSPS) is 25.8. The number of methoxy groups -OCH3 is 1. The van der Waals surface area contributed by atoms with E-state index in [2.05, 4.69) is 6.92 Å². The summed E-state index contributed by atoms with van der Waals surface area (Å²) in [6.07, 6.45) is 0.952. The quantitative estimate of drug-likeness (QED) is 0.674. The van der Waals surface area contributed by atoms with Gasteiger partial charge in [0.2, 0.25) is 0 Å². The molecular formula is C15H22N2O3. The number of nitrogens with zero attached hydrogens (tertiary/aromatic N) is 1. The SMILES string of the molecule is CCOC(=O)c1cccc(N2CC[C@H](C)[C@@]2(N)OC)c1. The van der Waals surface area contributed by atoms with Gasteiger partial charge in [-0.15, -0.1) is 0 Å². The maximum absolute atomic E-state index is 11.8. The van der Waals surface area contributed by atoms with Crippen molar-refractivity contribution in [3.8, 4) is 0 Å². The Kier molecular flexibility index (Phi) is 4.30. The minimum Gasteiger partial charge on any atom is -0.462 e. The minimum absolute atomic E-state index is 0.221. The van der Waals surface area contributed by atoms with Crippen molar-refractivity contribution in [1.29, 1.82) is 0 Å². The highest BCUT2D eigenvalue weighted by Gasteiger charge is 2.44. The molecule has 5 nitrogen and oxygen atoms in total. The Hall–Kier alpha value is -1.59. The third-order valence-corrected chi connectivity index (χ3v) is 3.91. The van der Waals surface area contributed by atoms with Gasteiger partial charge in [0.25, 0.3) is 0 Å². The molecule has 0 aromatic heterocycles. The Morgan fingerprint density at radius 2 is 2.30 bits per heavy atom. The molecule has 0 radical (unpaired) electrons. The van der Waals surface area contributed by atoms with Crippen molar-refractivity contribution in [2.45, 2.75) is 26.1 Å². The molecule has 0 unspecified atom stereocenters. The molecule has 2 atom stereocenters. The van der Waals surface area contributed by atoms with Crippen LogP contribution in [-0.4, -0.2) is 32.1 Å². The van der Waals surface area contributed by atoms with Gasteiger partial charge in [0.15, 0.2) is 5.85 Å². The summed E-state index contributed by atoms with van der Waals surface area (Å²) in [5.41, 5.74) is 7.76. The number of carbonyl (C=O) groups is 1. The van der Waals surface area contributed by atoms with E-state index in [1.54, 1.807) is 26.2 Å². The average Bonchev–Trinajstić information content (AvgIpc) is 2.76. The molecule has 1 aromatic carbocycles. The van der Waals surface area contributed by atoms with Gasteiger partial charge in [0.05, 0.1) is 12.2 Å². The van der Waals surface area contributed by atoms with Crippen LogP contribution in [0.1, 0.15) is 30.6 Å². The van der Waals surface area contributed by atoms with Gasteiger partial charge in [-0.25, -0.2) is 4.79 Å². The van der Waals surface area contributed by atoms with E-state index in [0.29, 0.717) is 12.2 Å². The van der Waals surface area contributed by atoms with Crippen molar-refractivity contribution in [2.75, 3.05) is 25.2 Å². The lowest BCUT2D eigenvalue weighted by Gasteiger charge is -2.37. The molecule has 1 heterocycles. The number of ether oxygens (including phenoxy) is 2. The summed E-state index contributed by atoms with van der Waals surface area (Å²) in [7, 11) is 1.62. The number of benzene rings is 1. The van der Waals surface area contributed by atoms with Gasteiger partial charge in [0, 0.05) is 25.3 Å². The van der Waals surface area contributed by atoms with Gasteiger partial charge in [-0.3, -0.25) is 5.73 Å². The number of hydrogen-bond donors (Lipinski definition) is 1. The number of anilines is 1. The van der Waals surface area contributed by atoms with E-state index in [1.165, 1.54) is 0 Å². The first-order valence-corrected chi connectivity index (χ1v) is 6.91. The fraction of sp³-hybridized carbons (Fsp3) is 0.533. The highest BCUT2D eigenvalue weighted by atomic mass is 16.5. The molecule has 5 heteroatoms. The Morgan fingerprint density at radius 1 is 1.55 bits per heavy atom. The molecule has 1 aliphatic heterocycles. The summed E-state index contributed by atoms with van der Waals surface area (Å²) in [6, 6.07) is 7.31. The maximum atomic E-state index is 11.8. The first kappa shape index (κ1) is 14.8. The lowest BCUT2D eigenvalue weighted by Crippen LogP contribution is -2.57. The van der Waals surface area contributed by atoms with Crippen molar-refractivity contribution < 1.29 is 14.3 Å². The molecule has 1 aromatic rings. The van der Waals surface area contributed by atoms with Gasteiger partial charge in [0.1, 0.15) is 0 Å². The van der Waals surface area contributed by atoms with E-state index in [0.717, 1.165) is 18.7 Å². The topological polar surface area (TPSA) is 64.8 Å². The monoisotopic (exact) mass is 278 g/mol. The van der Waals surface area contributed by atoms with E-state index in [-0.39, 0.29) is 11.9 Å². The number of hydrogen-bond acceptors (Lipinski definition) is 5. The first-order chi connectivity index (χ1) is 9.52. The van der Waals surface area contributed by atoms with E-state index in [4.69, 9.17) is 15.2 Å². The summed E-state index contributed by atoms with van der Waals surface area (Å²) in [6.45, 7) is 5.03. The summed E-state index contributed by atoms with van der Waals surface area (Å²) < 4.78 is 10.5. The zero-order valence-corrected chi connectivity index (χ0v) is 12.3. The molecule has 0 amide bonds. The standard InChI is InChI=1S/C15H22N2O3/c1-4-20-14(18)12-6-5-7-13(10-12)17-9-8-11(2)15(17,16)19-3/h5-7,10-11H,4,8-9,16H2,1-3H3/t11-,15-/m0/s1. The van der Waals surface area contributed by atoms with Crippen molar-refractivity contribution in [3.05, 3.63) is 29.8 Å². The summed E-state index contributed by atoms with van der Waals surface area (Å²) in [4.78, 5) is 13.8. The van der Waals surface area contributed by atoms with Crippen LogP contribution in [0.2, 0.25) is 0 Å². The van der Waals surface area contributed by atoms with Crippen LogP contribution in [0.4, 0.5) is 5.69 Å². The maximum Gasteiger partial charge on any atom is 0.338 e. The van der Waals surface area contributed by atoms with Crippen LogP contribution in [0.25, 0.3) is 0 Å². The van der Waals surface area contributed by atoms with Crippen molar-refractivity contribution in [1.82, 2.24) is 0 Å². The second kappa shape index (κ2) is 5.81. The lowest BCUT2D eigenvalue weighted by molar-refractivity contribution is -0.0280. The molecule has 0 saturated carbocycles. The molecule has 1 aliphatic rings. The third-order valence-electron chi connectivity index (χ3n) is 3.91. The predicted molar refractivity (Wildman–Crippen MR) is 77.5 cm³/mol. The predicted octanol–water partition coefficient (Wildman–Crippen LogP) is 1.97. The second-order valence-corrected chi connectivity index (χ2v) is 5.07. The Morgan fingerprint density at radius 3 is 2.95 bits per heavy atom. The fourth-order valence-electron chi connectivity index (χ4n) is 2.63. The molecule has 1 fully saturated rings. The van der Waals surface area contributed by atoms with Gasteiger partial charge < -0.3 is 14.4 Å². The largest absolute Gasteiger partial charge is 0.462 e. The van der Waals surface area contributed by atoms with E-state index in [1.807, 2.05) is 17.0 Å². The average molecular weight is 278 g/mol. The van der Waals surface area contributed by atoms with Gasteiger partial charge in [-0.2, -0.15) is 0 Å². The van der Waals surface area contributed by atoms with Crippen LogP contribution in [0.3, 0.4) is 0 Å². The lowest BCUT2D eigenvalue weighted by atomic mass is 10.1. The van der Waals surface area contributed by atoms with E-state index < -0.39 is 5.85 Å². The summed E-state index contributed by atoms with van der Waals surface area (Å²) in [5.74, 6) is -0.923. The number of nitrogens with two attached hydrogens (primary N) is 1. The highest BCUT2D eigenvalue weighted by molar-refractivity contribution is 5.90. The number of rotatable bonds is 4. The van der Waals surface area contributed by atoms with Crippen LogP contribution in [0.5, 0.6) is 0 Å². The number of esters is 1.